The lowest BCUT2D eigenvalue weighted by molar-refractivity contribution is -0.140. The molecule has 0 heterocycles. The molecule has 1 aromatic rings. The molecule has 82 valence electrons. The molecule has 0 aliphatic heterocycles. The Bertz CT molecular complexity index is 380. The summed E-state index contributed by atoms with van der Waals surface area (Å²) in [6.07, 6.45) is -4.81. The van der Waals surface area contributed by atoms with Gasteiger partial charge in [-0.05, 0) is 27.5 Å². The van der Waals surface area contributed by atoms with Gasteiger partial charge in [0.1, 0.15) is 5.82 Å². The van der Waals surface area contributed by atoms with Crippen molar-refractivity contribution in [1.82, 2.24) is 0 Å². The first-order valence-electron chi connectivity index (χ1n) is 3.66. The van der Waals surface area contributed by atoms with Crippen molar-refractivity contribution >= 4 is 28.5 Å². The van der Waals surface area contributed by atoms with Crippen LogP contribution in [0.4, 0.5) is 17.6 Å². The maximum absolute atomic E-state index is 13.1. The number of benzene rings is 1. The lowest BCUT2D eigenvalue weighted by Gasteiger charge is -2.11. The van der Waals surface area contributed by atoms with Crippen LogP contribution in [0.1, 0.15) is 5.56 Å². The highest BCUT2D eigenvalue weighted by Crippen LogP contribution is 2.33. The van der Waals surface area contributed by atoms with E-state index in [0.717, 1.165) is 6.07 Å². The maximum Gasteiger partial charge on any atom is 0.489 e. The van der Waals surface area contributed by atoms with E-state index in [4.69, 9.17) is 10.0 Å². The smallest absolute Gasteiger partial charge is 0.423 e. The van der Waals surface area contributed by atoms with Crippen molar-refractivity contribution < 1.29 is 27.6 Å². The van der Waals surface area contributed by atoms with Crippen molar-refractivity contribution in [2.24, 2.45) is 0 Å². The zero-order chi connectivity index (χ0) is 11.8. The highest BCUT2D eigenvalue weighted by atomic mass is 79.9. The van der Waals surface area contributed by atoms with Crippen molar-refractivity contribution in [2.75, 3.05) is 0 Å². The fraction of sp³-hybridized carbons (Fsp3) is 0.143. The highest BCUT2D eigenvalue weighted by molar-refractivity contribution is 9.10. The number of hydrogen-bond donors (Lipinski definition) is 2. The molecule has 1 aromatic carbocycles. The van der Waals surface area contributed by atoms with Gasteiger partial charge in [0, 0.05) is 0 Å². The van der Waals surface area contributed by atoms with Crippen LogP contribution < -0.4 is 5.46 Å². The number of rotatable bonds is 1. The first-order chi connectivity index (χ1) is 6.75. The van der Waals surface area contributed by atoms with E-state index in [-0.39, 0.29) is 5.46 Å². The number of hydrogen-bond acceptors (Lipinski definition) is 2. The standard InChI is InChI=1S/C7H4BBrF4O2/c9-5-4(8(14)15)2-1-3(6(5)10)7(11,12)13/h1-2,14-15H. The SMILES string of the molecule is OB(O)c1ccc(C(F)(F)F)c(F)c1Br. The summed E-state index contributed by atoms with van der Waals surface area (Å²) in [6, 6.07) is 1.25. The molecule has 0 spiro atoms. The van der Waals surface area contributed by atoms with E-state index < -0.39 is 29.1 Å². The summed E-state index contributed by atoms with van der Waals surface area (Å²) in [6.45, 7) is 0. The van der Waals surface area contributed by atoms with E-state index in [9.17, 15) is 17.6 Å². The first-order valence-corrected chi connectivity index (χ1v) is 4.45. The second-order valence-electron chi connectivity index (χ2n) is 2.70. The summed E-state index contributed by atoms with van der Waals surface area (Å²) in [5, 5.41) is 17.4. The van der Waals surface area contributed by atoms with Crippen LogP contribution in [0.3, 0.4) is 0 Å². The summed E-state index contributed by atoms with van der Waals surface area (Å²) in [5.74, 6) is -1.56. The molecule has 15 heavy (non-hydrogen) atoms. The topological polar surface area (TPSA) is 40.5 Å². The van der Waals surface area contributed by atoms with Gasteiger partial charge in [0.25, 0.3) is 0 Å². The molecule has 0 aliphatic carbocycles. The second-order valence-corrected chi connectivity index (χ2v) is 3.49. The molecule has 0 saturated heterocycles. The van der Waals surface area contributed by atoms with Gasteiger partial charge < -0.3 is 10.0 Å². The van der Waals surface area contributed by atoms with Crippen LogP contribution in [0.25, 0.3) is 0 Å². The molecule has 0 aliphatic rings. The second kappa shape index (κ2) is 4.11. The Hall–Kier alpha value is -0.595. The van der Waals surface area contributed by atoms with E-state index in [1.54, 1.807) is 0 Å². The van der Waals surface area contributed by atoms with Crippen LogP contribution in [-0.2, 0) is 6.18 Å². The van der Waals surface area contributed by atoms with Gasteiger partial charge in [0.05, 0.1) is 10.0 Å². The summed E-state index contributed by atoms with van der Waals surface area (Å²) < 4.78 is 49.1. The van der Waals surface area contributed by atoms with Crippen LogP contribution in [-0.4, -0.2) is 17.2 Å². The summed E-state index contributed by atoms with van der Waals surface area (Å²) in [5.41, 5.74) is -1.82. The van der Waals surface area contributed by atoms with Crippen molar-refractivity contribution in [2.45, 2.75) is 6.18 Å². The number of alkyl halides is 3. The molecule has 0 radical (unpaired) electrons. The van der Waals surface area contributed by atoms with Gasteiger partial charge in [-0.1, -0.05) is 6.07 Å². The quantitative estimate of drug-likeness (QED) is 0.603. The third-order valence-electron chi connectivity index (χ3n) is 1.70. The van der Waals surface area contributed by atoms with E-state index in [2.05, 4.69) is 15.9 Å². The summed E-state index contributed by atoms with van der Waals surface area (Å²) in [4.78, 5) is 0. The highest BCUT2D eigenvalue weighted by Gasteiger charge is 2.36. The van der Waals surface area contributed by atoms with Gasteiger partial charge in [-0.15, -0.1) is 0 Å². The third kappa shape index (κ3) is 2.50. The monoisotopic (exact) mass is 286 g/mol. The lowest BCUT2D eigenvalue weighted by Crippen LogP contribution is -2.32. The zero-order valence-electron chi connectivity index (χ0n) is 7.02. The average molecular weight is 287 g/mol. The molecule has 0 unspecified atom stereocenters. The molecule has 0 saturated carbocycles. The van der Waals surface area contributed by atoms with Crippen LogP contribution in [0.5, 0.6) is 0 Å². The third-order valence-corrected chi connectivity index (χ3v) is 2.50. The normalized spacial score (nSPS) is 11.7. The molecular formula is C7H4BBrF4O2. The fourth-order valence-corrected chi connectivity index (χ4v) is 1.53. The minimum absolute atomic E-state index is 0.361. The van der Waals surface area contributed by atoms with Crippen LogP contribution in [0.2, 0.25) is 0 Å². The molecule has 0 fully saturated rings. The molecule has 2 N–H and O–H groups in total. The maximum atomic E-state index is 13.1. The fourth-order valence-electron chi connectivity index (χ4n) is 0.983. The minimum Gasteiger partial charge on any atom is -0.423 e. The Morgan fingerprint density at radius 3 is 2.13 bits per heavy atom. The van der Waals surface area contributed by atoms with E-state index >= 15 is 0 Å². The van der Waals surface area contributed by atoms with Crippen LogP contribution >= 0.6 is 15.9 Å². The van der Waals surface area contributed by atoms with Gasteiger partial charge in [0.15, 0.2) is 0 Å². The molecule has 8 heteroatoms. The summed E-state index contributed by atoms with van der Waals surface area (Å²) >= 11 is 2.53. The summed E-state index contributed by atoms with van der Waals surface area (Å²) in [7, 11) is -2.03. The van der Waals surface area contributed by atoms with E-state index in [1.807, 2.05) is 0 Å². The van der Waals surface area contributed by atoms with Gasteiger partial charge in [-0.3, -0.25) is 0 Å². The molecule has 0 aromatic heterocycles. The predicted molar refractivity (Wildman–Crippen MR) is 48.9 cm³/mol. The van der Waals surface area contributed by atoms with Crippen LogP contribution in [0, 0.1) is 5.82 Å². The van der Waals surface area contributed by atoms with Crippen LogP contribution in [0.15, 0.2) is 16.6 Å². The Morgan fingerprint density at radius 1 is 1.20 bits per heavy atom. The largest absolute Gasteiger partial charge is 0.489 e. The Morgan fingerprint density at radius 2 is 1.73 bits per heavy atom. The molecule has 0 bridgehead atoms. The van der Waals surface area contributed by atoms with Crippen molar-refractivity contribution in [1.29, 1.82) is 0 Å². The van der Waals surface area contributed by atoms with Gasteiger partial charge in [-0.25, -0.2) is 4.39 Å². The van der Waals surface area contributed by atoms with Gasteiger partial charge in [0.2, 0.25) is 0 Å². The molecule has 0 atom stereocenters. The minimum atomic E-state index is -4.81. The number of halogens is 5. The predicted octanol–water partition coefficient (Wildman–Crippen LogP) is 1.29. The van der Waals surface area contributed by atoms with Gasteiger partial charge in [-0.2, -0.15) is 13.2 Å². The van der Waals surface area contributed by atoms with E-state index in [0.29, 0.717) is 6.07 Å². The van der Waals surface area contributed by atoms with Gasteiger partial charge >= 0.3 is 13.3 Å². The Labute approximate surface area is 90.8 Å². The zero-order valence-corrected chi connectivity index (χ0v) is 8.60. The molecule has 0 amide bonds. The molecular weight excluding hydrogens is 283 g/mol. The Kier molecular flexibility index (Phi) is 3.42. The molecule has 2 nitrogen and oxygen atoms in total. The van der Waals surface area contributed by atoms with Crippen molar-refractivity contribution in [3.8, 4) is 0 Å². The lowest BCUT2D eigenvalue weighted by atomic mass is 9.80. The first kappa shape index (κ1) is 12.5. The van der Waals surface area contributed by atoms with E-state index in [1.165, 1.54) is 0 Å². The van der Waals surface area contributed by atoms with Crippen molar-refractivity contribution in [3.05, 3.63) is 28.0 Å². The van der Waals surface area contributed by atoms with Crippen molar-refractivity contribution in [3.63, 3.8) is 0 Å². The Balaban J connectivity index is 3.34. The average Bonchev–Trinajstić information content (AvgIpc) is 2.06. The molecule has 1 rings (SSSR count).